The summed E-state index contributed by atoms with van der Waals surface area (Å²) in [5.74, 6) is -0.980. The number of rotatable bonds is 1. The minimum absolute atomic E-state index is 0. The van der Waals surface area contributed by atoms with Crippen LogP contribution in [0.4, 0.5) is 0 Å². The standard InChI is InChI=1S/C5H8O2.Na/c6-5(7)4-2-1-3-4;/h4H,1-3H2,(H,6,7);/q;+1/p-1. The number of aliphatic carboxylic acids is 1. The molecule has 0 N–H and O–H groups in total. The van der Waals surface area contributed by atoms with Gasteiger partial charge in [-0.3, -0.25) is 0 Å². The number of carboxylic acids is 1. The van der Waals surface area contributed by atoms with Crippen molar-refractivity contribution in [3.8, 4) is 0 Å². The number of hydrogen-bond acceptors (Lipinski definition) is 2. The Balaban J connectivity index is 0.000000490. The molecule has 1 aliphatic rings. The fourth-order valence-corrected chi connectivity index (χ4v) is 0.644. The van der Waals surface area contributed by atoms with E-state index >= 15 is 0 Å². The van der Waals surface area contributed by atoms with Crippen LogP contribution in [0.15, 0.2) is 0 Å². The molecule has 0 heterocycles. The summed E-state index contributed by atoms with van der Waals surface area (Å²) < 4.78 is 0. The van der Waals surface area contributed by atoms with E-state index in [4.69, 9.17) is 0 Å². The average Bonchev–Trinajstić information content (AvgIpc) is 1.23. The van der Waals surface area contributed by atoms with E-state index in [2.05, 4.69) is 0 Å². The molecule has 1 rings (SSSR count). The van der Waals surface area contributed by atoms with Crippen molar-refractivity contribution in [3.63, 3.8) is 0 Å². The minimum Gasteiger partial charge on any atom is -0.550 e. The summed E-state index contributed by atoms with van der Waals surface area (Å²) in [6.07, 6.45) is 2.74. The van der Waals surface area contributed by atoms with E-state index in [1.165, 1.54) is 0 Å². The van der Waals surface area contributed by atoms with Crippen molar-refractivity contribution in [3.05, 3.63) is 0 Å². The van der Waals surface area contributed by atoms with E-state index < -0.39 is 5.97 Å². The number of carbonyl (C=O) groups excluding carboxylic acids is 1. The predicted molar refractivity (Wildman–Crippen MR) is 22.3 cm³/mol. The minimum atomic E-state index is -0.869. The van der Waals surface area contributed by atoms with Crippen molar-refractivity contribution in [2.75, 3.05) is 0 Å². The van der Waals surface area contributed by atoms with Crippen LogP contribution < -0.4 is 34.7 Å². The van der Waals surface area contributed by atoms with Gasteiger partial charge in [0.15, 0.2) is 0 Å². The third kappa shape index (κ3) is 1.77. The van der Waals surface area contributed by atoms with Crippen molar-refractivity contribution >= 4 is 5.97 Å². The molecule has 3 heteroatoms. The molecule has 0 saturated heterocycles. The van der Waals surface area contributed by atoms with Crippen LogP contribution >= 0.6 is 0 Å². The molecule has 0 amide bonds. The quantitative estimate of drug-likeness (QED) is 0.339. The second-order valence-electron chi connectivity index (χ2n) is 1.95. The Labute approximate surface area is 70.6 Å². The van der Waals surface area contributed by atoms with Crippen molar-refractivity contribution in [2.24, 2.45) is 5.92 Å². The normalized spacial score (nSPS) is 18.5. The number of carbonyl (C=O) groups is 1. The van der Waals surface area contributed by atoms with Crippen molar-refractivity contribution in [1.82, 2.24) is 0 Å². The van der Waals surface area contributed by atoms with Gasteiger partial charge in [-0.2, -0.15) is 0 Å². The zero-order valence-electron chi connectivity index (χ0n) is 5.02. The van der Waals surface area contributed by atoms with Crippen LogP contribution in [0.1, 0.15) is 19.3 Å². The summed E-state index contributed by atoms with van der Waals surface area (Å²) in [7, 11) is 0. The van der Waals surface area contributed by atoms with Gasteiger partial charge in [0.1, 0.15) is 0 Å². The van der Waals surface area contributed by atoms with Crippen LogP contribution in [0.3, 0.4) is 0 Å². The van der Waals surface area contributed by atoms with Crippen molar-refractivity contribution in [1.29, 1.82) is 0 Å². The van der Waals surface area contributed by atoms with Crippen molar-refractivity contribution < 1.29 is 39.5 Å². The van der Waals surface area contributed by atoms with Gasteiger partial charge in [-0.1, -0.05) is 6.42 Å². The maximum atomic E-state index is 9.87. The van der Waals surface area contributed by atoms with E-state index in [-0.39, 0.29) is 35.5 Å². The summed E-state index contributed by atoms with van der Waals surface area (Å²) in [6.45, 7) is 0. The van der Waals surface area contributed by atoms with Gasteiger partial charge in [0, 0.05) is 5.97 Å². The molecule has 0 atom stereocenters. The van der Waals surface area contributed by atoms with E-state index in [0.717, 1.165) is 19.3 Å². The predicted octanol–water partition coefficient (Wildman–Crippen LogP) is -3.46. The zero-order chi connectivity index (χ0) is 5.28. The molecular formula is C5H7NaO2. The Morgan fingerprint density at radius 1 is 1.50 bits per heavy atom. The molecule has 1 fully saturated rings. The van der Waals surface area contributed by atoms with Crippen LogP contribution in [0, 0.1) is 5.92 Å². The Morgan fingerprint density at radius 2 is 2.00 bits per heavy atom. The zero-order valence-corrected chi connectivity index (χ0v) is 7.02. The number of hydrogen-bond donors (Lipinski definition) is 0. The first kappa shape index (κ1) is 8.47. The molecule has 2 nitrogen and oxygen atoms in total. The smallest absolute Gasteiger partial charge is 0.550 e. The second kappa shape index (κ2) is 3.49. The maximum absolute atomic E-state index is 9.87. The Hall–Kier alpha value is 0.470. The molecular weight excluding hydrogens is 115 g/mol. The third-order valence-electron chi connectivity index (χ3n) is 1.44. The van der Waals surface area contributed by atoms with Gasteiger partial charge in [-0.05, 0) is 18.8 Å². The molecule has 1 aliphatic carbocycles. The van der Waals surface area contributed by atoms with Crippen LogP contribution in [-0.4, -0.2) is 5.97 Å². The second-order valence-corrected chi connectivity index (χ2v) is 1.95. The fourth-order valence-electron chi connectivity index (χ4n) is 0.644. The van der Waals surface area contributed by atoms with Crippen molar-refractivity contribution in [2.45, 2.75) is 19.3 Å². The molecule has 40 valence electrons. The molecule has 0 bridgehead atoms. The van der Waals surface area contributed by atoms with Gasteiger partial charge in [0.25, 0.3) is 0 Å². The van der Waals surface area contributed by atoms with E-state index in [1.807, 2.05) is 0 Å². The first-order valence-electron chi connectivity index (χ1n) is 2.51. The molecule has 0 unspecified atom stereocenters. The Morgan fingerprint density at radius 3 is 2.00 bits per heavy atom. The maximum Gasteiger partial charge on any atom is 1.00 e. The first-order chi connectivity index (χ1) is 3.30. The van der Waals surface area contributed by atoms with Gasteiger partial charge in [-0.15, -0.1) is 0 Å². The van der Waals surface area contributed by atoms with Gasteiger partial charge in [0.2, 0.25) is 0 Å². The fraction of sp³-hybridized carbons (Fsp3) is 0.800. The summed E-state index contributed by atoms with van der Waals surface area (Å²) in [6, 6.07) is 0. The Kier molecular flexibility index (Phi) is 3.69. The Bertz CT molecular complexity index is 88.4. The summed E-state index contributed by atoms with van der Waals surface area (Å²) >= 11 is 0. The van der Waals surface area contributed by atoms with Gasteiger partial charge in [-0.25, -0.2) is 0 Å². The molecule has 1 saturated carbocycles. The molecule has 0 aliphatic heterocycles. The number of carboxylic acid groups (broad SMARTS) is 1. The van der Waals surface area contributed by atoms with Gasteiger partial charge in [0.05, 0.1) is 0 Å². The molecule has 0 spiro atoms. The van der Waals surface area contributed by atoms with E-state index in [0.29, 0.717) is 0 Å². The summed E-state index contributed by atoms with van der Waals surface area (Å²) in [4.78, 5) is 9.87. The van der Waals surface area contributed by atoms with Crippen LogP contribution in [-0.2, 0) is 4.79 Å². The molecule has 0 aromatic heterocycles. The molecule has 0 aromatic rings. The van der Waals surface area contributed by atoms with Crippen LogP contribution in [0.5, 0.6) is 0 Å². The monoisotopic (exact) mass is 122 g/mol. The SMILES string of the molecule is O=C([O-])C1CCC1.[Na+]. The summed E-state index contributed by atoms with van der Waals surface area (Å²) in [5.41, 5.74) is 0. The van der Waals surface area contributed by atoms with Gasteiger partial charge < -0.3 is 9.90 Å². The van der Waals surface area contributed by atoms with Crippen LogP contribution in [0.25, 0.3) is 0 Å². The first-order valence-corrected chi connectivity index (χ1v) is 2.51. The third-order valence-corrected chi connectivity index (χ3v) is 1.44. The molecule has 8 heavy (non-hydrogen) atoms. The largest absolute Gasteiger partial charge is 1.00 e. The summed E-state index contributed by atoms with van der Waals surface area (Å²) in [5, 5.41) is 9.87. The molecule has 0 radical (unpaired) electrons. The van der Waals surface area contributed by atoms with E-state index in [9.17, 15) is 9.90 Å². The van der Waals surface area contributed by atoms with Gasteiger partial charge >= 0.3 is 29.6 Å². The topological polar surface area (TPSA) is 40.1 Å². The van der Waals surface area contributed by atoms with E-state index in [1.54, 1.807) is 0 Å². The van der Waals surface area contributed by atoms with Crippen LogP contribution in [0.2, 0.25) is 0 Å². The average molecular weight is 122 g/mol. The molecule has 0 aromatic carbocycles.